The number of hydrogen-bond donors (Lipinski definition) is 2. The molecule has 1 aliphatic rings. The number of furan rings is 1. The summed E-state index contributed by atoms with van der Waals surface area (Å²) < 4.78 is 9.69. The Kier molecular flexibility index (Phi) is 4.12. The summed E-state index contributed by atoms with van der Waals surface area (Å²) in [5.41, 5.74) is 0. The van der Waals surface area contributed by atoms with E-state index in [1.807, 2.05) is 13.8 Å². The second-order valence-electron chi connectivity index (χ2n) is 5.56. The Morgan fingerprint density at radius 1 is 1.57 bits per heavy atom. The monoisotopic (exact) mass is 336 g/mol. The van der Waals surface area contributed by atoms with Gasteiger partial charge in [-0.3, -0.25) is 9.59 Å². The molecule has 0 radical (unpaired) electrons. The lowest BCUT2D eigenvalue weighted by molar-refractivity contribution is -0.129. The fourth-order valence-corrected chi connectivity index (χ4v) is 3.00. The minimum atomic E-state index is -0.558. The molecule has 2 aromatic rings. The molecule has 3 rings (SSSR count). The van der Waals surface area contributed by atoms with Gasteiger partial charge >= 0.3 is 0 Å². The molecule has 1 fully saturated rings. The van der Waals surface area contributed by atoms with Crippen molar-refractivity contribution < 1.29 is 18.5 Å². The summed E-state index contributed by atoms with van der Waals surface area (Å²) in [5, 5.41) is 9.19. The van der Waals surface area contributed by atoms with Crippen molar-refractivity contribution in [1.29, 1.82) is 0 Å². The first kappa shape index (κ1) is 15.6. The quantitative estimate of drug-likeness (QED) is 0.855. The summed E-state index contributed by atoms with van der Waals surface area (Å²) in [6.45, 7) is 3.77. The molecule has 2 N–H and O–H groups in total. The smallest absolute Gasteiger partial charge is 0.293 e. The van der Waals surface area contributed by atoms with Gasteiger partial charge in [0.05, 0.1) is 17.6 Å². The number of rotatable bonds is 4. The van der Waals surface area contributed by atoms with Crippen LogP contribution in [0.15, 0.2) is 27.3 Å². The predicted octanol–water partition coefficient (Wildman–Crippen LogP) is 0.956. The Hall–Kier alpha value is -2.29. The van der Waals surface area contributed by atoms with E-state index >= 15 is 0 Å². The molecule has 0 spiro atoms. The molecule has 0 aromatic carbocycles. The van der Waals surface area contributed by atoms with E-state index in [1.165, 1.54) is 18.0 Å². The van der Waals surface area contributed by atoms with Gasteiger partial charge in [0.25, 0.3) is 5.89 Å². The Morgan fingerprint density at radius 2 is 2.39 bits per heavy atom. The van der Waals surface area contributed by atoms with Gasteiger partial charge < -0.3 is 19.6 Å². The molecule has 122 valence electrons. The maximum absolute atomic E-state index is 12.1. The molecule has 8 nitrogen and oxygen atoms in total. The van der Waals surface area contributed by atoms with Crippen LogP contribution in [0.1, 0.15) is 19.7 Å². The Balaban J connectivity index is 1.55. The van der Waals surface area contributed by atoms with Crippen molar-refractivity contribution in [3.63, 3.8) is 0 Å². The van der Waals surface area contributed by atoms with E-state index in [-0.39, 0.29) is 24.2 Å². The van der Waals surface area contributed by atoms with Crippen LogP contribution in [0.4, 0.5) is 0 Å². The topological polar surface area (TPSA) is 110 Å². The minimum Gasteiger partial charge on any atom is -0.459 e. The summed E-state index contributed by atoms with van der Waals surface area (Å²) in [7, 11) is 0. The van der Waals surface area contributed by atoms with E-state index in [0.29, 0.717) is 17.3 Å². The number of hydrogen-bond acceptors (Lipinski definition) is 7. The molecule has 2 amide bonds. The number of carbonyl (C=O) groups excluding carboxylic acids is 2. The van der Waals surface area contributed by atoms with Crippen molar-refractivity contribution in [3.8, 4) is 11.7 Å². The van der Waals surface area contributed by atoms with Gasteiger partial charge in [-0.2, -0.15) is 4.98 Å². The zero-order valence-corrected chi connectivity index (χ0v) is 13.5. The normalized spacial score (nSPS) is 20.1. The number of nitrogens with one attached hydrogen (secondary N) is 2. The van der Waals surface area contributed by atoms with Crippen LogP contribution in [-0.2, 0) is 16.1 Å². The highest BCUT2D eigenvalue weighted by Crippen LogP contribution is 2.29. The number of nitrogens with zero attached hydrogens (tertiary/aromatic N) is 2. The van der Waals surface area contributed by atoms with Crippen LogP contribution in [0.2, 0.25) is 0 Å². The molecule has 1 saturated heterocycles. The zero-order valence-electron chi connectivity index (χ0n) is 12.7. The van der Waals surface area contributed by atoms with Gasteiger partial charge in [-0.15, -0.1) is 11.8 Å². The van der Waals surface area contributed by atoms with Crippen molar-refractivity contribution in [2.45, 2.75) is 31.2 Å². The van der Waals surface area contributed by atoms with Gasteiger partial charge in [-0.05, 0) is 26.0 Å². The fourth-order valence-electron chi connectivity index (χ4n) is 1.99. The van der Waals surface area contributed by atoms with Crippen LogP contribution in [-0.4, -0.2) is 38.5 Å². The molecule has 1 aliphatic heterocycles. The summed E-state index contributed by atoms with van der Waals surface area (Å²) in [4.78, 5) is 28.1. The largest absolute Gasteiger partial charge is 0.459 e. The lowest BCUT2D eigenvalue weighted by Gasteiger charge is -2.32. The third kappa shape index (κ3) is 3.39. The minimum absolute atomic E-state index is 0.115. The van der Waals surface area contributed by atoms with Gasteiger partial charge in [0.1, 0.15) is 6.04 Å². The van der Waals surface area contributed by atoms with Crippen LogP contribution in [0.3, 0.4) is 0 Å². The summed E-state index contributed by atoms with van der Waals surface area (Å²) in [6.07, 6.45) is 1.51. The molecule has 1 atom stereocenters. The summed E-state index contributed by atoms with van der Waals surface area (Å²) >= 11 is 1.45. The van der Waals surface area contributed by atoms with Crippen LogP contribution in [0.5, 0.6) is 0 Å². The van der Waals surface area contributed by atoms with Crippen LogP contribution >= 0.6 is 11.8 Å². The third-order valence-electron chi connectivity index (χ3n) is 3.40. The number of thioether (sulfide) groups is 1. The second-order valence-corrected chi connectivity index (χ2v) is 7.20. The SMILES string of the molecule is CC1(C)SCC(C(=O)NCc2noc(-c3ccco3)n2)NC1=O. The molecule has 0 aliphatic carbocycles. The van der Waals surface area contributed by atoms with E-state index in [9.17, 15) is 9.59 Å². The standard InChI is InChI=1S/C14H16N4O4S/c1-14(2)13(20)16-8(7-23-14)11(19)15-6-10-17-12(22-18-10)9-4-3-5-21-9/h3-5,8H,6-7H2,1-2H3,(H,15,19)(H,16,20). The lowest BCUT2D eigenvalue weighted by Crippen LogP contribution is -2.57. The number of amides is 2. The lowest BCUT2D eigenvalue weighted by atomic mass is 10.1. The molecule has 1 unspecified atom stereocenters. The molecule has 2 aromatic heterocycles. The highest BCUT2D eigenvalue weighted by atomic mass is 32.2. The van der Waals surface area contributed by atoms with Gasteiger partial charge in [0.2, 0.25) is 11.8 Å². The molecule has 0 bridgehead atoms. The van der Waals surface area contributed by atoms with Crippen molar-refractivity contribution >= 4 is 23.6 Å². The van der Waals surface area contributed by atoms with Gasteiger partial charge in [-0.25, -0.2) is 0 Å². The van der Waals surface area contributed by atoms with Crippen LogP contribution in [0.25, 0.3) is 11.7 Å². The average molecular weight is 336 g/mol. The predicted molar refractivity (Wildman–Crippen MR) is 82.3 cm³/mol. The number of carbonyl (C=O) groups is 2. The highest BCUT2D eigenvalue weighted by molar-refractivity contribution is 8.01. The van der Waals surface area contributed by atoms with E-state index in [2.05, 4.69) is 20.8 Å². The highest BCUT2D eigenvalue weighted by Gasteiger charge is 2.37. The van der Waals surface area contributed by atoms with E-state index in [4.69, 9.17) is 8.94 Å². The molecule has 23 heavy (non-hydrogen) atoms. The zero-order chi connectivity index (χ0) is 16.4. The fraction of sp³-hybridized carbons (Fsp3) is 0.429. The first-order chi connectivity index (χ1) is 11.0. The van der Waals surface area contributed by atoms with Crippen LogP contribution in [0, 0.1) is 0 Å². The maximum atomic E-state index is 12.1. The first-order valence-corrected chi connectivity index (χ1v) is 8.03. The molecular formula is C14H16N4O4S. The molecule has 3 heterocycles. The Morgan fingerprint density at radius 3 is 3.09 bits per heavy atom. The van der Waals surface area contributed by atoms with Gasteiger partial charge in [0, 0.05) is 5.75 Å². The van der Waals surface area contributed by atoms with Crippen molar-refractivity contribution in [2.24, 2.45) is 0 Å². The third-order valence-corrected chi connectivity index (χ3v) is 4.81. The first-order valence-electron chi connectivity index (χ1n) is 7.05. The van der Waals surface area contributed by atoms with E-state index in [0.717, 1.165) is 0 Å². The average Bonchev–Trinajstić information content (AvgIpc) is 3.18. The molecule has 0 saturated carbocycles. The van der Waals surface area contributed by atoms with E-state index in [1.54, 1.807) is 12.1 Å². The van der Waals surface area contributed by atoms with Gasteiger partial charge in [0.15, 0.2) is 11.6 Å². The number of aromatic nitrogens is 2. The molecule has 9 heteroatoms. The molecular weight excluding hydrogens is 320 g/mol. The summed E-state index contributed by atoms with van der Waals surface area (Å²) in [5.74, 6) is 1.16. The van der Waals surface area contributed by atoms with E-state index < -0.39 is 10.8 Å². The second kappa shape index (κ2) is 6.07. The van der Waals surface area contributed by atoms with Crippen molar-refractivity contribution in [2.75, 3.05) is 5.75 Å². The maximum Gasteiger partial charge on any atom is 0.293 e. The Bertz CT molecular complexity index is 710. The van der Waals surface area contributed by atoms with Gasteiger partial charge in [-0.1, -0.05) is 5.16 Å². The Labute approximate surface area is 136 Å². The summed E-state index contributed by atoms with van der Waals surface area (Å²) in [6, 6.07) is 2.86. The van der Waals surface area contributed by atoms with Crippen LogP contribution < -0.4 is 10.6 Å². The van der Waals surface area contributed by atoms with Crippen molar-refractivity contribution in [1.82, 2.24) is 20.8 Å². The van der Waals surface area contributed by atoms with Crippen molar-refractivity contribution in [3.05, 3.63) is 24.2 Å².